The van der Waals surface area contributed by atoms with Crippen molar-refractivity contribution < 1.29 is 4.79 Å². The number of amides is 1. The fraction of sp³-hybridized carbons (Fsp3) is 0.158. The number of benzene rings is 2. The van der Waals surface area contributed by atoms with Gasteiger partial charge in [0.1, 0.15) is 0 Å². The van der Waals surface area contributed by atoms with Crippen molar-refractivity contribution >= 4 is 28.6 Å². The van der Waals surface area contributed by atoms with Crippen LogP contribution in [0.25, 0.3) is 10.8 Å². The van der Waals surface area contributed by atoms with Gasteiger partial charge in [-0.05, 0) is 23.8 Å². The van der Waals surface area contributed by atoms with Crippen molar-refractivity contribution in [2.45, 2.75) is 6.42 Å². The van der Waals surface area contributed by atoms with E-state index in [0.717, 1.165) is 11.3 Å². The number of carbonyl (C=O) groups is 1. The van der Waals surface area contributed by atoms with Gasteiger partial charge in [-0.15, -0.1) is 0 Å². The highest BCUT2D eigenvalue weighted by atomic mass is 16.2. The maximum atomic E-state index is 12.1. The van der Waals surface area contributed by atoms with Crippen molar-refractivity contribution in [3.05, 3.63) is 70.1 Å². The highest BCUT2D eigenvalue weighted by Gasteiger charge is 2.10. The molecule has 2 N–H and O–H groups in total. The third-order valence-corrected chi connectivity index (χ3v) is 3.92. The molecular weight excluding hydrogens is 330 g/mol. The summed E-state index contributed by atoms with van der Waals surface area (Å²) in [4.78, 5) is 25.9. The maximum Gasteiger partial charge on any atom is 0.272 e. The van der Waals surface area contributed by atoms with Gasteiger partial charge in [-0.3, -0.25) is 9.59 Å². The molecule has 1 amide bonds. The van der Waals surface area contributed by atoms with E-state index in [2.05, 4.69) is 20.7 Å². The van der Waals surface area contributed by atoms with Crippen molar-refractivity contribution in [3.63, 3.8) is 0 Å². The van der Waals surface area contributed by atoms with E-state index in [4.69, 9.17) is 0 Å². The Balaban J connectivity index is 1.66. The fourth-order valence-electron chi connectivity index (χ4n) is 2.54. The number of nitrogens with one attached hydrogen (secondary N) is 2. The van der Waals surface area contributed by atoms with Gasteiger partial charge in [-0.2, -0.15) is 10.2 Å². The average Bonchev–Trinajstić information content (AvgIpc) is 2.65. The Morgan fingerprint density at radius 2 is 1.85 bits per heavy atom. The van der Waals surface area contributed by atoms with E-state index in [1.165, 1.54) is 0 Å². The Kier molecular flexibility index (Phi) is 5.07. The topological polar surface area (TPSA) is 90.4 Å². The molecule has 7 heteroatoms. The lowest BCUT2D eigenvalue weighted by molar-refractivity contribution is -0.120. The molecule has 2 aromatic carbocycles. The van der Waals surface area contributed by atoms with Crippen molar-refractivity contribution in [1.82, 2.24) is 15.6 Å². The summed E-state index contributed by atoms with van der Waals surface area (Å²) in [5.41, 5.74) is 4.68. The molecule has 0 spiro atoms. The summed E-state index contributed by atoms with van der Waals surface area (Å²) in [5, 5.41) is 11.5. The minimum absolute atomic E-state index is 0.0220. The van der Waals surface area contributed by atoms with E-state index in [-0.39, 0.29) is 17.9 Å². The molecule has 3 aromatic rings. The number of aromatic nitrogens is 2. The third-order valence-electron chi connectivity index (χ3n) is 3.92. The molecule has 0 saturated heterocycles. The predicted octanol–water partition coefficient (Wildman–Crippen LogP) is 1.68. The van der Waals surface area contributed by atoms with Gasteiger partial charge in [-0.1, -0.05) is 30.3 Å². The SMILES string of the molecule is CN(C)c1ccc(/C=N/NC(=O)Cc2n[nH]c(=O)c3ccccc23)cc1. The smallest absolute Gasteiger partial charge is 0.272 e. The van der Waals surface area contributed by atoms with Crippen LogP contribution in [0.15, 0.2) is 58.4 Å². The van der Waals surface area contributed by atoms with Crippen molar-refractivity contribution in [2.24, 2.45) is 5.10 Å². The third kappa shape index (κ3) is 3.94. The Morgan fingerprint density at radius 1 is 1.15 bits per heavy atom. The molecular formula is C19H19N5O2. The van der Waals surface area contributed by atoms with Gasteiger partial charge in [0.2, 0.25) is 5.91 Å². The van der Waals surface area contributed by atoms with E-state index in [1.54, 1.807) is 30.5 Å². The minimum Gasteiger partial charge on any atom is -0.378 e. The molecule has 7 nitrogen and oxygen atoms in total. The summed E-state index contributed by atoms with van der Waals surface area (Å²) in [5.74, 6) is -0.309. The second-order valence-corrected chi connectivity index (χ2v) is 6.00. The molecule has 3 rings (SSSR count). The van der Waals surface area contributed by atoms with Crippen LogP contribution in [0.2, 0.25) is 0 Å². The number of fused-ring (bicyclic) bond motifs is 1. The van der Waals surface area contributed by atoms with E-state index in [0.29, 0.717) is 16.5 Å². The molecule has 0 aliphatic carbocycles. The highest BCUT2D eigenvalue weighted by molar-refractivity contribution is 5.89. The first-order chi connectivity index (χ1) is 12.5. The predicted molar refractivity (Wildman–Crippen MR) is 103 cm³/mol. The molecule has 0 bridgehead atoms. The second-order valence-electron chi connectivity index (χ2n) is 6.00. The Labute approximate surface area is 150 Å². The zero-order valence-electron chi connectivity index (χ0n) is 14.6. The van der Waals surface area contributed by atoms with Crippen molar-refractivity contribution in [2.75, 3.05) is 19.0 Å². The van der Waals surface area contributed by atoms with Crippen LogP contribution < -0.4 is 15.9 Å². The number of aromatic amines is 1. The molecule has 132 valence electrons. The summed E-state index contributed by atoms with van der Waals surface area (Å²) in [6.45, 7) is 0. The number of H-pyrrole nitrogens is 1. The molecule has 0 aliphatic rings. The molecule has 1 aromatic heterocycles. The summed E-state index contributed by atoms with van der Waals surface area (Å²) in [7, 11) is 3.94. The Hall–Kier alpha value is -3.48. The molecule has 0 saturated carbocycles. The molecule has 1 heterocycles. The summed E-state index contributed by atoms with van der Waals surface area (Å²) < 4.78 is 0. The number of rotatable bonds is 5. The van der Waals surface area contributed by atoms with Crippen LogP contribution >= 0.6 is 0 Å². The van der Waals surface area contributed by atoms with E-state index >= 15 is 0 Å². The van der Waals surface area contributed by atoms with Gasteiger partial charge < -0.3 is 4.90 Å². The number of carbonyl (C=O) groups excluding carboxylic acids is 1. The monoisotopic (exact) mass is 349 g/mol. The molecule has 0 atom stereocenters. The van der Waals surface area contributed by atoms with Crippen LogP contribution in [0.5, 0.6) is 0 Å². The Morgan fingerprint density at radius 3 is 2.54 bits per heavy atom. The van der Waals surface area contributed by atoms with Gasteiger partial charge >= 0.3 is 0 Å². The lowest BCUT2D eigenvalue weighted by Crippen LogP contribution is -2.22. The number of nitrogens with zero attached hydrogens (tertiary/aromatic N) is 3. The quantitative estimate of drug-likeness (QED) is 0.542. The first-order valence-corrected chi connectivity index (χ1v) is 8.10. The first kappa shape index (κ1) is 17.3. The molecule has 0 radical (unpaired) electrons. The Bertz CT molecular complexity index is 1010. The van der Waals surface area contributed by atoms with Crippen LogP contribution in [-0.2, 0) is 11.2 Å². The summed E-state index contributed by atoms with van der Waals surface area (Å²) in [6.07, 6.45) is 1.60. The van der Waals surface area contributed by atoms with Crippen LogP contribution in [-0.4, -0.2) is 36.4 Å². The summed E-state index contributed by atoms with van der Waals surface area (Å²) in [6, 6.07) is 14.8. The van der Waals surface area contributed by atoms with Crippen molar-refractivity contribution in [3.8, 4) is 0 Å². The number of hydrogen-bond donors (Lipinski definition) is 2. The van der Waals surface area contributed by atoms with E-state index in [9.17, 15) is 9.59 Å². The second kappa shape index (κ2) is 7.60. The van der Waals surface area contributed by atoms with Crippen LogP contribution in [0.1, 0.15) is 11.3 Å². The molecule has 0 aliphatic heterocycles. The van der Waals surface area contributed by atoms with Gasteiger partial charge in [0.15, 0.2) is 0 Å². The maximum absolute atomic E-state index is 12.1. The van der Waals surface area contributed by atoms with Crippen LogP contribution in [0.4, 0.5) is 5.69 Å². The number of hydrazone groups is 1. The van der Waals surface area contributed by atoms with Gasteiger partial charge in [-0.25, -0.2) is 10.5 Å². The number of anilines is 1. The van der Waals surface area contributed by atoms with Gasteiger partial charge in [0.05, 0.1) is 23.7 Å². The van der Waals surface area contributed by atoms with Crippen LogP contribution in [0, 0.1) is 0 Å². The minimum atomic E-state index is -0.309. The lowest BCUT2D eigenvalue weighted by Gasteiger charge is -2.11. The zero-order valence-corrected chi connectivity index (χ0v) is 14.6. The largest absolute Gasteiger partial charge is 0.378 e. The number of hydrogen-bond acceptors (Lipinski definition) is 5. The molecule has 0 unspecified atom stereocenters. The fourth-order valence-corrected chi connectivity index (χ4v) is 2.54. The van der Waals surface area contributed by atoms with Crippen molar-refractivity contribution in [1.29, 1.82) is 0 Å². The highest BCUT2D eigenvalue weighted by Crippen LogP contribution is 2.13. The lowest BCUT2D eigenvalue weighted by atomic mass is 10.1. The van der Waals surface area contributed by atoms with E-state index in [1.807, 2.05) is 43.3 Å². The van der Waals surface area contributed by atoms with Crippen LogP contribution in [0.3, 0.4) is 0 Å². The zero-order chi connectivity index (χ0) is 18.5. The van der Waals surface area contributed by atoms with Gasteiger partial charge in [0.25, 0.3) is 5.56 Å². The normalized spacial score (nSPS) is 11.0. The van der Waals surface area contributed by atoms with E-state index < -0.39 is 0 Å². The molecule has 26 heavy (non-hydrogen) atoms. The average molecular weight is 349 g/mol. The first-order valence-electron chi connectivity index (χ1n) is 8.10. The standard InChI is InChI=1S/C19H19N5O2/c1-24(2)14-9-7-13(8-10-14)12-20-22-18(25)11-17-15-5-3-4-6-16(15)19(26)23-21-17/h3-10,12H,11H2,1-2H3,(H,22,25)(H,23,26)/b20-12+. The van der Waals surface area contributed by atoms with Gasteiger partial charge in [0, 0.05) is 25.2 Å². The summed E-state index contributed by atoms with van der Waals surface area (Å²) >= 11 is 0. The molecule has 0 fully saturated rings.